The predicted octanol–water partition coefficient (Wildman–Crippen LogP) is 5.25. The van der Waals surface area contributed by atoms with Gasteiger partial charge in [0.15, 0.2) is 4.60 Å². The molecule has 0 fully saturated rings. The Hall–Kier alpha value is -3.16. The Bertz CT molecular complexity index is 1260. The standard InChI is InChI=1S/C24H21BrN2O4/c1-3-31-23-21(25)27-19(13-8-14(2)22(27)26-23)20(28)16-11-9-15(10-12-16)17-6-4-5-7-18(17)24(29)30/h4-13,20,28H,3H2,1-2H3,(H,29,30). The highest BCUT2D eigenvalue weighted by Crippen LogP contribution is 2.33. The number of imidazole rings is 1. The number of halogens is 1. The zero-order chi connectivity index (χ0) is 22.1. The van der Waals surface area contributed by atoms with Crippen LogP contribution >= 0.6 is 15.9 Å². The van der Waals surface area contributed by atoms with Crippen LogP contribution in [0.25, 0.3) is 16.8 Å². The Kier molecular flexibility index (Phi) is 5.80. The van der Waals surface area contributed by atoms with Gasteiger partial charge in [-0.3, -0.25) is 4.40 Å². The molecule has 0 saturated carbocycles. The second-order valence-corrected chi connectivity index (χ2v) is 7.87. The van der Waals surface area contributed by atoms with E-state index in [0.29, 0.717) is 39.6 Å². The minimum absolute atomic E-state index is 0.238. The van der Waals surface area contributed by atoms with Crippen molar-refractivity contribution in [1.82, 2.24) is 9.38 Å². The van der Waals surface area contributed by atoms with E-state index in [-0.39, 0.29) is 5.56 Å². The van der Waals surface area contributed by atoms with Gasteiger partial charge in [0.25, 0.3) is 0 Å². The first kappa shape index (κ1) is 21.1. The van der Waals surface area contributed by atoms with Gasteiger partial charge in [0.2, 0.25) is 5.88 Å². The molecule has 2 heterocycles. The number of aromatic nitrogens is 2. The van der Waals surface area contributed by atoms with E-state index in [9.17, 15) is 15.0 Å². The Morgan fingerprint density at radius 1 is 1.13 bits per heavy atom. The highest BCUT2D eigenvalue weighted by atomic mass is 79.9. The quantitative estimate of drug-likeness (QED) is 0.393. The van der Waals surface area contributed by atoms with Crippen LogP contribution in [0.2, 0.25) is 0 Å². The van der Waals surface area contributed by atoms with Crippen LogP contribution in [0.4, 0.5) is 0 Å². The molecule has 6 nitrogen and oxygen atoms in total. The van der Waals surface area contributed by atoms with Crippen molar-refractivity contribution in [2.75, 3.05) is 6.61 Å². The van der Waals surface area contributed by atoms with Crippen LogP contribution in [0.1, 0.15) is 40.2 Å². The van der Waals surface area contributed by atoms with E-state index < -0.39 is 12.1 Å². The van der Waals surface area contributed by atoms with Crippen molar-refractivity contribution >= 4 is 27.5 Å². The molecule has 158 valence electrons. The summed E-state index contributed by atoms with van der Waals surface area (Å²) < 4.78 is 8.10. The molecule has 4 rings (SSSR count). The van der Waals surface area contributed by atoms with Crippen molar-refractivity contribution in [1.29, 1.82) is 0 Å². The summed E-state index contributed by atoms with van der Waals surface area (Å²) in [5, 5.41) is 20.6. The van der Waals surface area contributed by atoms with Crippen LogP contribution in [0.3, 0.4) is 0 Å². The number of carboxylic acid groups (broad SMARTS) is 1. The number of pyridine rings is 1. The minimum Gasteiger partial charge on any atom is -0.478 e. The number of fused-ring (bicyclic) bond motifs is 1. The smallest absolute Gasteiger partial charge is 0.336 e. The molecule has 2 N–H and O–H groups in total. The van der Waals surface area contributed by atoms with E-state index in [0.717, 1.165) is 11.1 Å². The molecule has 1 atom stereocenters. The maximum Gasteiger partial charge on any atom is 0.336 e. The Labute approximate surface area is 187 Å². The lowest BCUT2D eigenvalue weighted by Gasteiger charge is -2.16. The van der Waals surface area contributed by atoms with E-state index in [1.54, 1.807) is 36.4 Å². The highest BCUT2D eigenvalue weighted by molar-refractivity contribution is 9.10. The molecule has 1 unspecified atom stereocenters. The summed E-state index contributed by atoms with van der Waals surface area (Å²) >= 11 is 3.55. The third-order valence-electron chi connectivity index (χ3n) is 5.16. The fourth-order valence-electron chi connectivity index (χ4n) is 3.62. The zero-order valence-corrected chi connectivity index (χ0v) is 18.6. The number of nitrogens with zero attached hydrogens (tertiary/aromatic N) is 2. The molecule has 2 aromatic carbocycles. The number of carbonyl (C=O) groups is 1. The van der Waals surface area contributed by atoms with E-state index in [4.69, 9.17) is 4.74 Å². The third-order valence-corrected chi connectivity index (χ3v) is 5.86. The van der Waals surface area contributed by atoms with Crippen molar-refractivity contribution < 1.29 is 19.7 Å². The van der Waals surface area contributed by atoms with E-state index in [2.05, 4.69) is 20.9 Å². The first-order valence-corrected chi connectivity index (χ1v) is 10.6. The van der Waals surface area contributed by atoms with Crippen molar-refractivity contribution in [3.05, 3.63) is 87.7 Å². The predicted molar refractivity (Wildman–Crippen MR) is 122 cm³/mol. The number of carboxylic acids is 1. The largest absolute Gasteiger partial charge is 0.478 e. The van der Waals surface area contributed by atoms with Crippen LogP contribution in [-0.4, -0.2) is 32.2 Å². The van der Waals surface area contributed by atoms with E-state index in [1.165, 1.54) is 0 Å². The summed E-state index contributed by atoms with van der Waals surface area (Å²) in [6.45, 7) is 4.33. The lowest BCUT2D eigenvalue weighted by atomic mass is 9.97. The Morgan fingerprint density at radius 2 is 1.84 bits per heavy atom. The highest BCUT2D eigenvalue weighted by Gasteiger charge is 2.21. The molecule has 0 aliphatic heterocycles. The molecule has 0 spiro atoms. The molecule has 7 heteroatoms. The monoisotopic (exact) mass is 480 g/mol. The first-order chi connectivity index (χ1) is 14.9. The van der Waals surface area contributed by atoms with Gasteiger partial charge in [0.05, 0.1) is 17.9 Å². The Morgan fingerprint density at radius 3 is 2.52 bits per heavy atom. The second-order valence-electron chi connectivity index (χ2n) is 7.12. The number of benzene rings is 2. The maximum absolute atomic E-state index is 11.5. The van der Waals surface area contributed by atoms with Crippen molar-refractivity contribution in [2.45, 2.75) is 20.0 Å². The van der Waals surface area contributed by atoms with Crippen molar-refractivity contribution in [2.24, 2.45) is 0 Å². The molecule has 2 aromatic heterocycles. The molecular weight excluding hydrogens is 460 g/mol. The summed E-state index contributed by atoms with van der Waals surface area (Å²) in [4.78, 5) is 16.1. The average Bonchev–Trinajstić information content (AvgIpc) is 3.11. The number of aliphatic hydroxyl groups is 1. The number of rotatable bonds is 6. The third kappa shape index (κ3) is 3.82. The van der Waals surface area contributed by atoms with Crippen LogP contribution in [-0.2, 0) is 0 Å². The average molecular weight is 481 g/mol. The molecule has 0 amide bonds. The molecule has 4 aromatic rings. The fourth-order valence-corrected chi connectivity index (χ4v) is 4.20. The van der Waals surface area contributed by atoms with Gasteiger partial charge in [-0.05, 0) is 64.2 Å². The zero-order valence-electron chi connectivity index (χ0n) is 17.0. The summed E-state index contributed by atoms with van der Waals surface area (Å²) in [6.07, 6.45) is -0.910. The molecule has 0 saturated heterocycles. The van der Waals surface area contributed by atoms with Crippen LogP contribution in [0.5, 0.6) is 5.88 Å². The molecule has 0 aliphatic carbocycles. The van der Waals surface area contributed by atoms with Gasteiger partial charge >= 0.3 is 5.97 Å². The molecule has 0 aliphatic rings. The SMILES string of the molecule is CCOc1nc2c(C)ccc(C(O)c3ccc(-c4ccccc4C(=O)O)cc3)n2c1Br. The van der Waals surface area contributed by atoms with Crippen molar-refractivity contribution in [3.63, 3.8) is 0 Å². The number of hydrogen-bond donors (Lipinski definition) is 2. The first-order valence-electron chi connectivity index (χ1n) is 9.83. The number of ether oxygens (including phenoxy) is 1. The molecule has 0 radical (unpaired) electrons. The lowest BCUT2D eigenvalue weighted by Crippen LogP contribution is -2.07. The van der Waals surface area contributed by atoms with E-state index in [1.807, 2.05) is 42.5 Å². The van der Waals surface area contributed by atoms with Gasteiger partial charge < -0.3 is 14.9 Å². The summed E-state index contributed by atoms with van der Waals surface area (Å²) in [6, 6.07) is 17.9. The van der Waals surface area contributed by atoms with Gasteiger partial charge in [-0.15, -0.1) is 0 Å². The van der Waals surface area contributed by atoms with Crippen LogP contribution < -0.4 is 4.74 Å². The molecule has 31 heavy (non-hydrogen) atoms. The number of hydrogen-bond acceptors (Lipinski definition) is 4. The summed E-state index contributed by atoms with van der Waals surface area (Å²) in [5.41, 5.74) is 4.63. The second kappa shape index (κ2) is 8.53. The van der Waals surface area contributed by atoms with Gasteiger partial charge in [-0.1, -0.05) is 48.5 Å². The fraction of sp³-hybridized carbons (Fsp3) is 0.167. The summed E-state index contributed by atoms with van der Waals surface area (Å²) in [5.74, 6) is -0.498. The van der Waals surface area contributed by atoms with Crippen LogP contribution in [0, 0.1) is 6.92 Å². The van der Waals surface area contributed by atoms with Crippen molar-refractivity contribution in [3.8, 4) is 17.0 Å². The van der Waals surface area contributed by atoms with Gasteiger partial charge in [0, 0.05) is 0 Å². The van der Waals surface area contributed by atoms with Gasteiger partial charge in [0.1, 0.15) is 11.8 Å². The molecular formula is C24H21BrN2O4. The number of aryl methyl sites for hydroxylation is 1. The lowest BCUT2D eigenvalue weighted by molar-refractivity contribution is 0.0697. The topological polar surface area (TPSA) is 84.1 Å². The van der Waals surface area contributed by atoms with Gasteiger partial charge in [-0.25, -0.2) is 4.79 Å². The minimum atomic E-state index is -0.975. The summed E-state index contributed by atoms with van der Waals surface area (Å²) in [7, 11) is 0. The normalized spacial score (nSPS) is 12.1. The number of aromatic carboxylic acids is 1. The van der Waals surface area contributed by atoms with E-state index >= 15 is 0 Å². The molecule has 0 bridgehead atoms. The number of aliphatic hydroxyl groups excluding tert-OH is 1. The Balaban J connectivity index is 1.74. The van der Waals surface area contributed by atoms with Gasteiger partial charge in [-0.2, -0.15) is 4.98 Å². The van der Waals surface area contributed by atoms with Crippen LogP contribution in [0.15, 0.2) is 65.3 Å². The maximum atomic E-state index is 11.5.